The monoisotopic (exact) mass is 269 g/mol. The summed E-state index contributed by atoms with van der Waals surface area (Å²) < 4.78 is 2.17. The van der Waals surface area contributed by atoms with Gasteiger partial charge in [-0.3, -0.25) is 4.40 Å². The molecule has 0 radical (unpaired) electrons. The van der Waals surface area contributed by atoms with E-state index in [4.69, 9.17) is 10.7 Å². The van der Waals surface area contributed by atoms with Crippen LogP contribution >= 0.6 is 23.1 Å². The summed E-state index contributed by atoms with van der Waals surface area (Å²) in [5, 5.41) is 3.81. The molecular formula is C12H19N3S2. The Bertz CT molecular complexity index is 487. The lowest BCUT2D eigenvalue weighted by molar-refractivity contribution is 0.641. The molecule has 0 fully saturated rings. The highest BCUT2D eigenvalue weighted by Gasteiger charge is 2.17. The second kappa shape index (κ2) is 5.42. The van der Waals surface area contributed by atoms with Gasteiger partial charge in [0, 0.05) is 23.2 Å². The van der Waals surface area contributed by atoms with Crippen molar-refractivity contribution in [1.29, 1.82) is 0 Å². The van der Waals surface area contributed by atoms with Crippen LogP contribution in [0, 0.1) is 5.92 Å². The third-order valence-electron chi connectivity index (χ3n) is 2.94. The standard InChI is InChI=1S/C12H19N3S2/c1-8(2)9(3)17-11-10(4-5-13)15-6-7-16-12(15)14-11/h6-9H,4-5,13H2,1-3H3. The van der Waals surface area contributed by atoms with Crippen molar-refractivity contribution in [2.75, 3.05) is 6.54 Å². The number of nitrogens with zero attached hydrogens (tertiary/aromatic N) is 2. The molecule has 0 bridgehead atoms. The van der Waals surface area contributed by atoms with Gasteiger partial charge in [0.2, 0.25) is 0 Å². The lowest BCUT2D eigenvalue weighted by atomic mass is 10.2. The van der Waals surface area contributed by atoms with Gasteiger partial charge in [-0.2, -0.15) is 0 Å². The minimum absolute atomic E-state index is 0.580. The van der Waals surface area contributed by atoms with Gasteiger partial charge in [0.05, 0.1) is 5.69 Å². The first-order valence-electron chi connectivity index (χ1n) is 5.94. The molecule has 0 saturated heterocycles. The van der Waals surface area contributed by atoms with Gasteiger partial charge in [0.1, 0.15) is 5.03 Å². The number of rotatable bonds is 5. The van der Waals surface area contributed by atoms with Crippen LogP contribution in [0.5, 0.6) is 0 Å². The van der Waals surface area contributed by atoms with Crippen molar-refractivity contribution < 1.29 is 0 Å². The molecule has 0 aliphatic carbocycles. The van der Waals surface area contributed by atoms with Crippen LogP contribution < -0.4 is 5.73 Å². The fourth-order valence-corrected chi connectivity index (χ4v) is 3.47. The number of fused-ring (bicyclic) bond motifs is 1. The SMILES string of the molecule is CC(C)C(C)Sc1nc2sccn2c1CCN. The van der Waals surface area contributed by atoms with Crippen molar-refractivity contribution in [2.24, 2.45) is 11.7 Å². The quantitative estimate of drug-likeness (QED) is 0.848. The summed E-state index contributed by atoms with van der Waals surface area (Å²) in [6, 6.07) is 0. The molecule has 2 aromatic heterocycles. The second-order valence-corrected chi connectivity index (χ2v) is 6.76. The zero-order valence-electron chi connectivity index (χ0n) is 10.5. The van der Waals surface area contributed by atoms with E-state index in [-0.39, 0.29) is 0 Å². The molecule has 0 spiro atoms. The number of aromatic nitrogens is 2. The van der Waals surface area contributed by atoms with Crippen molar-refractivity contribution in [3.8, 4) is 0 Å². The number of nitrogens with two attached hydrogens (primary N) is 1. The Hall–Kier alpha value is -0.520. The number of thiazole rings is 1. The van der Waals surface area contributed by atoms with E-state index in [1.165, 1.54) is 5.69 Å². The van der Waals surface area contributed by atoms with E-state index < -0.39 is 0 Å². The molecule has 2 heterocycles. The van der Waals surface area contributed by atoms with E-state index in [9.17, 15) is 0 Å². The summed E-state index contributed by atoms with van der Waals surface area (Å²) in [5.41, 5.74) is 6.96. The van der Waals surface area contributed by atoms with Crippen LogP contribution in [0.15, 0.2) is 16.6 Å². The van der Waals surface area contributed by atoms with Crippen molar-refractivity contribution >= 4 is 28.1 Å². The van der Waals surface area contributed by atoms with Crippen LogP contribution in [0.3, 0.4) is 0 Å². The summed E-state index contributed by atoms with van der Waals surface area (Å²) in [5.74, 6) is 0.658. The topological polar surface area (TPSA) is 43.3 Å². The van der Waals surface area contributed by atoms with Gasteiger partial charge >= 0.3 is 0 Å². The summed E-state index contributed by atoms with van der Waals surface area (Å²) in [6.45, 7) is 7.43. The average molecular weight is 269 g/mol. The minimum atomic E-state index is 0.580. The van der Waals surface area contributed by atoms with Crippen molar-refractivity contribution in [3.05, 3.63) is 17.3 Å². The molecule has 2 rings (SSSR count). The molecule has 0 aromatic carbocycles. The van der Waals surface area contributed by atoms with Gasteiger partial charge in [-0.25, -0.2) is 4.98 Å². The first-order valence-corrected chi connectivity index (χ1v) is 7.70. The Morgan fingerprint density at radius 2 is 2.24 bits per heavy atom. The molecule has 1 atom stereocenters. The fourth-order valence-electron chi connectivity index (χ4n) is 1.58. The molecule has 94 valence electrons. The molecule has 1 unspecified atom stereocenters. The molecule has 0 saturated carbocycles. The molecule has 2 aromatic rings. The van der Waals surface area contributed by atoms with Crippen molar-refractivity contribution in [2.45, 2.75) is 37.5 Å². The normalized spacial score (nSPS) is 13.7. The maximum absolute atomic E-state index is 5.69. The third kappa shape index (κ3) is 2.67. The Labute approximate surface area is 110 Å². The molecule has 0 aliphatic heterocycles. The van der Waals surface area contributed by atoms with E-state index in [0.717, 1.165) is 16.4 Å². The maximum Gasteiger partial charge on any atom is 0.194 e. The smallest absolute Gasteiger partial charge is 0.194 e. The lowest BCUT2D eigenvalue weighted by Crippen LogP contribution is -2.08. The number of hydrogen-bond acceptors (Lipinski definition) is 4. The number of imidazole rings is 1. The largest absolute Gasteiger partial charge is 0.330 e. The Balaban J connectivity index is 2.31. The average Bonchev–Trinajstić information content (AvgIpc) is 2.82. The van der Waals surface area contributed by atoms with E-state index in [1.807, 2.05) is 11.8 Å². The minimum Gasteiger partial charge on any atom is -0.330 e. The van der Waals surface area contributed by atoms with Gasteiger partial charge in [0.25, 0.3) is 0 Å². The van der Waals surface area contributed by atoms with Gasteiger partial charge in [-0.15, -0.1) is 23.1 Å². The Morgan fingerprint density at radius 3 is 2.88 bits per heavy atom. The molecule has 17 heavy (non-hydrogen) atoms. The molecule has 0 aliphatic rings. The van der Waals surface area contributed by atoms with Gasteiger partial charge in [0.15, 0.2) is 4.96 Å². The molecule has 2 N–H and O–H groups in total. The van der Waals surface area contributed by atoms with Crippen LogP contribution in [0.4, 0.5) is 0 Å². The van der Waals surface area contributed by atoms with Gasteiger partial charge < -0.3 is 5.73 Å². The summed E-state index contributed by atoms with van der Waals surface area (Å²) in [4.78, 5) is 5.78. The van der Waals surface area contributed by atoms with Gasteiger partial charge in [-0.05, 0) is 12.5 Å². The maximum atomic E-state index is 5.69. The number of hydrogen-bond donors (Lipinski definition) is 1. The third-order valence-corrected chi connectivity index (χ3v) is 5.16. The number of thioether (sulfide) groups is 1. The first-order chi connectivity index (χ1) is 8.13. The lowest BCUT2D eigenvalue weighted by Gasteiger charge is -2.14. The van der Waals surface area contributed by atoms with E-state index >= 15 is 0 Å². The van der Waals surface area contributed by atoms with Crippen LogP contribution in [0.1, 0.15) is 26.5 Å². The van der Waals surface area contributed by atoms with E-state index in [2.05, 4.69) is 36.7 Å². The Morgan fingerprint density at radius 1 is 1.47 bits per heavy atom. The van der Waals surface area contributed by atoms with E-state index in [1.54, 1.807) is 11.3 Å². The summed E-state index contributed by atoms with van der Waals surface area (Å²) in [6.07, 6.45) is 2.98. The predicted molar refractivity (Wildman–Crippen MR) is 76.0 cm³/mol. The fraction of sp³-hybridized carbons (Fsp3) is 0.583. The van der Waals surface area contributed by atoms with Crippen LogP contribution in [-0.4, -0.2) is 21.2 Å². The zero-order chi connectivity index (χ0) is 12.4. The highest BCUT2D eigenvalue weighted by Crippen LogP contribution is 2.31. The highest BCUT2D eigenvalue weighted by atomic mass is 32.2. The van der Waals surface area contributed by atoms with Crippen LogP contribution in [0.2, 0.25) is 0 Å². The van der Waals surface area contributed by atoms with E-state index in [0.29, 0.717) is 17.7 Å². The predicted octanol–water partition coefficient (Wildman–Crippen LogP) is 3.03. The molecule has 3 nitrogen and oxygen atoms in total. The molecular weight excluding hydrogens is 250 g/mol. The molecule has 5 heteroatoms. The van der Waals surface area contributed by atoms with Crippen molar-refractivity contribution in [1.82, 2.24) is 9.38 Å². The first kappa shape index (κ1) is 12.9. The Kier molecular flexibility index (Phi) is 4.12. The highest BCUT2D eigenvalue weighted by molar-refractivity contribution is 7.99. The second-order valence-electron chi connectivity index (χ2n) is 4.52. The summed E-state index contributed by atoms with van der Waals surface area (Å²) >= 11 is 3.55. The van der Waals surface area contributed by atoms with Crippen LogP contribution in [-0.2, 0) is 6.42 Å². The van der Waals surface area contributed by atoms with Crippen molar-refractivity contribution in [3.63, 3.8) is 0 Å². The summed E-state index contributed by atoms with van der Waals surface area (Å²) in [7, 11) is 0. The van der Waals surface area contributed by atoms with Crippen LogP contribution in [0.25, 0.3) is 4.96 Å². The van der Waals surface area contributed by atoms with Gasteiger partial charge in [-0.1, -0.05) is 20.8 Å². The zero-order valence-corrected chi connectivity index (χ0v) is 12.1. The molecule has 0 amide bonds.